The molecule has 2 aromatic carbocycles. The Morgan fingerprint density at radius 3 is 2.46 bits per heavy atom. The number of aliphatic hydroxyl groups is 1. The van der Waals surface area contributed by atoms with Gasteiger partial charge in [-0.1, -0.05) is 47.5 Å². The zero-order chi connectivity index (χ0) is 25.9. The third-order valence-corrected chi connectivity index (χ3v) is 5.93. The van der Waals surface area contributed by atoms with Crippen LogP contribution in [0.5, 0.6) is 0 Å². The molecule has 180 valence electrons. The number of nitrogens with two attached hydrogens (primary N) is 1. The third kappa shape index (κ3) is 5.65. The molecule has 1 atom stereocenters. The molecule has 8 nitrogen and oxygen atoms in total. The van der Waals surface area contributed by atoms with Crippen molar-refractivity contribution in [2.75, 3.05) is 5.73 Å². The van der Waals surface area contributed by atoms with E-state index in [4.69, 9.17) is 34.3 Å². The largest absolute Gasteiger partial charge is 0.494 e. The van der Waals surface area contributed by atoms with E-state index in [2.05, 4.69) is 16.5 Å². The molecule has 0 aliphatic heterocycles. The van der Waals surface area contributed by atoms with Gasteiger partial charge >= 0.3 is 0 Å². The van der Waals surface area contributed by atoms with Crippen LogP contribution in [0, 0.1) is 16.7 Å². The van der Waals surface area contributed by atoms with Crippen LogP contribution in [-0.2, 0) is 4.79 Å². The number of nitrogens with zero attached hydrogens (tertiary/aromatic N) is 3. The number of nitrogen functional groups attached to an aromatic ring is 1. The maximum Gasteiger partial charge on any atom is 0.233 e. The van der Waals surface area contributed by atoms with E-state index in [9.17, 15) is 15.2 Å². The van der Waals surface area contributed by atoms with Crippen molar-refractivity contribution >= 4 is 40.6 Å². The monoisotopic (exact) mass is 510 g/mol. The average Bonchev–Trinajstić information content (AvgIpc) is 3.14. The first-order chi connectivity index (χ1) is 16.5. The number of aliphatic hydroxyl groups excluding tert-OH is 1. The number of halogens is 2. The summed E-state index contributed by atoms with van der Waals surface area (Å²) in [4.78, 5) is 12.7. The summed E-state index contributed by atoms with van der Waals surface area (Å²) < 4.78 is 1.60. The molecule has 0 radical (unpaired) electrons. The van der Waals surface area contributed by atoms with Gasteiger partial charge in [-0.2, -0.15) is 10.4 Å². The minimum atomic E-state index is -0.610. The Morgan fingerprint density at radius 2 is 1.89 bits per heavy atom. The fourth-order valence-corrected chi connectivity index (χ4v) is 3.94. The van der Waals surface area contributed by atoms with E-state index in [1.807, 2.05) is 13.8 Å². The number of nitrogens with one attached hydrogen (secondary N) is 2. The molecule has 0 saturated heterocycles. The van der Waals surface area contributed by atoms with Gasteiger partial charge in [0, 0.05) is 28.3 Å². The number of anilines is 1. The van der Waals surface area contributed by atoms with E-state index >= 15 is 0 Å². The third-order valence-electron chi connectivity index (χ3n) is 5.38. The normalized spacial score (nSPS) is 12.3. The number of amides is 1. The molecule has 35 heavy (non-hydrogen) atoms. The number of carbonyl (C=O) groups is 1. The van der Waals surface area contributed by atoms with Crippen molar-refractivity contribution in [3.63, 3.8) is 0 Å². The number of hydrogen-bond acceptors (Lipinski definition) is 6. The molecule has 1 heterocycles. The van der Waals surface area contributed by atoms with Crippen LogP contribution in [0.1, 0.15) is 49.4 Å². The Bertz CT molecular complexity index is 1350. The number of nitriles is 1. The topological polar surface area (TPSA) is 141 Å². The van der Waals surface area contributed by atoms with Gasteiger partial charge in [0.2, 0.25) is 5.91 Å². The van der Waals surface area contributed by atoms with Gasteiger partial charge in [-0.05, 0) is 44.5 Å². The maximum absolute atomic E-state index is 12.7. The Morgan fingerprint density at radius 1 is 1.23 bits per heavy atom. The summed E-state index contributed by atoms with van der Waals surface area (Å²) in [6, 6.07) is 13.8. The van der Waals surface area contributed by atoms with Gasteiger partial charge in [0.05, 0.1) is 16.7 Å². The summed E-state index contributed by atoms with van der Waals surface area (Å²) in [6.45, 7) is 5.53. The summed E-state index contributed by atoms with van der Waals surface area (Å²) in [5.41, 5.74) is 8.50. The van der Waals surface area contributed by atoms with Gasteiger partial charge < -0.3 is 16.2 Å². The highest BCUT2D eigenvalue weighted by molar-refractivity contribution is 6.37. The molecule has 0 aliphatic carbocycles. The smallest absolute Gasteiger partial charge is 0.233 e. The van der Waals surface area contributed by atoms with Gasteiger partial charge in [0.25, 0.3) is 0 Å². The molecule has 5 N–H and O–H groups in total. The molecular weight excluding hydrogens is 487 g/mol. The molecule has 1 aromatic heterocycles. The number of hydrogen-bond donors (Lipinski definition) is 4. The molecule has 0 fully saturated rings. The second-order valence-corrected chi connectivity index (χ2v) is 9.00. The summed E-state index contributed by atoms with van der Waals surface area (Å²) in [6.07, 6.45) is 1.10. The van der Waals surface area contributed by atoms with Crippen LogP contribution in [0.2, 0.25) is 10.0 Å². The van der Waals surface area contributed by atoms with Crippen molar-refractivity contribution < 1.29 is 9.90 Å². The molecule has 0 bridgehead atoms. The lowest BCUT2D eigenvalue weighted by Gasteiger charge is -2.13. The van der Waals surface area contributed by atoms with Crippen LogP contribution in [0.4, 0.5) is 5.82 Å². The zero-order valence-corrected chi connectivity index (χ0v) is 20.8. The number of allylic oxidation sites excluding steroid dienone is 1. The van der Waals surface area contributed by atoms with Crippen LogP contribution in [-0.4, -0.2) is 26.5 Å². The first kappa shape index (κ1) is 25.8. The molecule has 3 aromatic rings. The highest BCUT2D eigenvalue weighted by Gasteiger charge is 2.20. The molecule has 10 heteroatoms. The van der Waals surface area contributed by atoms with Gasteiger partial charge in [0.15, 0.2) is 5.88 Å². The number of carbonyl (C=O) groups excluding carboxylic acids is 1. The van der Waals surface area contributed by atoms with Crippen LogP contribution in [0.15, 0.2) is 54.4 Å². The summed E-state index contributed by atoms with van der Waals surface area (Å²) >= 11 is 12.0. The highest BCUT2D eigenvalue weighted by atomic mass is 35.5. The standard InChI is InChI=1S/C25H24Cl2N6O2/c1-13(2)33-24(30)19(12-28)23(32-33)16-6-4-15(5-7-16)14(3)25(35)31-22(34)11-21(29)18-9-8-17(26)10-20(18)27/h4-11,13-14,29,34H,30H2,1-3H3,(H,31,35)/b22-11-,29-21?. The lowest BCUT2D eigenvalue weighted by Crippen LogP contribution is -2.27. The average molecular weight is 511 g/mol. The predicted octanol–water partition coefficient (Wildman–Crippen LogP) is 5.58. The highest BCUT2D eigenvalue weighted by Crippen LogP contribution is 2.30. The van der Waals surface area contributed by atoms with Crippen LogP contribution in [0.25, 0.3) is 11.3 Å². The van der Waals surface area contributed by atoms with Gasteiger partial charge in [-0.15, -0.1) is 0 Å². The quantitative estimate of drug-likeness (QED) is 0.242. The Balaban J connectivity index is 1.74. The molecule has 0 saturated carbocycles. The van der Waals surface area contributed by atoms with E-state index in [0.29, 0.717) is 38.8 Å². The fourth-order valence-electron chi connectivity index (χ4n) is 3.43. The predicted molar refractivity (Wildman–Crippen MR) is 138 cm³/mol. The van der Waals surface area contributed by atoms with Crippen molar-refractivity contribution in [1.29, 1.82) is 10.7 Å². The van der Waals surface area contributed by atoms with Crippen LogP contribution >= 0.6 is 23.2 Å². The second kappa shape index (κ2) is 10.6. The molecule has 0 aliphatic rings. The minimum absolute atomic E-state index is 0.00299. The van der Waals surface area contributed by atoms with Crippen molar-refractivity contribution in [1.82, 2.24) is 15.1 Å². The van der Waals surface area contributed by atoms with Crippen molar-refractivity contribution in [3.05, 3.63) is 81.2 Å². The van der Waals surface area contributed by atoms with Crippen LogP contribution < -0.4 is 11.1 Å². The molecule has 1 unspecified atom stereocenters. The molecule has 3 rings (SSSR count). The lowest BCUT2D eigenvalue weighted by atomic mass is 9.97. The molecule has 0 spiro atoms. The first-order valence-electron chi connectivity index (χ1n) is 10.7. The van der Waals surface area contributed by atoms with Gasteiger partial charge in [-0.3, -0.25) is 10.1 Å². The van der Waals surface area contributed by atoms with Crippen molar-refractivity contribution in [2.24, 2.45) is 0 Å². The number of aromatic nitrogens is 2. The molecule has 1 amide bonds. The number of rotatable bonds is 7. The van der Waals surface area contributed by atoms with Gasteiger partial charge in [0.1, 0.15) is 23.1 Å². The van der Waals surface area contributed by atoms with Crippen LogP contribution in [0.3, 0.4) is 0 Å². The van der Waals surface area contributed by atoms with Crippen molar-refractivity contribution in [3.8, 4) is 17.3 Å². The lowest BCUT2D eigenvalue weighted by molar-refractivity contribution is -0.122. The van der Waals surface area contributed by atoms with E-state index in [0.717, 1.165) is 6.08 Å². The van der Waals surface area contributed by atoms with Gasteiger partial charge in [-0.25, -0.2) is 4.68 Å². The van der Waals surface area contributed by atoms with Crippen molar-refractivity contribution in [2.45, 2.75) is 32.7 Å². The summed E-state index contributed by atoms with van der Waals surface area (Å²) in [5, 5.41) is 35.4. The second-order valence-electron chi connectivity index (χ2n) is 8.16. The molecular formula is C25H24Cl2N6O2. The zero-order valence-electron chi connectivity index (χ0n) is 19.3. The van der Waals surface area contributed by atoms with E-state index in [1.165, 1.54) is 6.07 Å². The summed E-state index contributed by atoms with van der Waals surface area (Å²) in [7, 11) is 0. The van der Waals surface area contributed by atoms with E-state index in [1.54, 1.807) is 48.0 Å². The maximum atomic E-state index is 12.7. The minimum Gasteiger partial charge on any atom is -0.494 e. The van der Waals surface area contributed by atoms with E-state index in [-0.39, 0.29) is 16.8 Å². The Hall–Kier alpha value is -3.80. The SMILES string of the molecule is CC(C(=O)N/C(O)=C/C(=N)c1ccc(Cl)cc1Cl)c1ccc(-c2nn(C(C)C)c(N)c2C#N)cc1. The number of benzene rings is 2. The fraction of sp³-hybridized carbons (Fsp3) is 0.200. The first-order valence-corrected chi connectivity index (χ1v) is 11.4. The Labute approximate surface area is 213 Å². The summed E-state index contributed by atoms with van der Waals surface area (Å²) in [5.74, 6) is -1.25. The van der Waals surface area contributed by atoms with E-state index < -0.39 is 17.7 Å². The Kier molecular flexibility index (Phi) is 7.85.